The van der Waals surface area contributed by atoms with Crippen molar-refractivity contribution >= 4 is 49.3 Å². The first-order valence-electron chi connectivity index (χ1n) is 17.5. The average Bonchev–Trinajstić information content (AvgIpc) is 3.61. The Morgan fingerprint density at radius 1 is 0.451 bits per heavy atom. The van der Waals surface area contributed by atoms with Gasteiger partial charge in [0.2, 0.25) is 0 Å². The Morgan fingerprint density at radius 3 is 1.82 bits per heavy atom. The van der Waals surface area contributed by atoms with Crippen molar-refractivity contribution in [1.29, 1.82) is 0 Å². The van der Waals surface area contributed by atoms with Crippen molar-refractivity contribution < 1.29 is 4.42 Å². The number of fused-ring (bicyclic) bond motifs is 6. The van der Waals surface area contributed by atoms with Crippen LogP contribution in [0, 0.1) is 0 Å². The fourth-order valence-corrected chi connectivity index (χ4v) is 7.76. The lowest BCUT2D eigenvalue weighted by Gasteiger charge is -2.32. The van der Waals surface area contributed by atoms with Crippen LogP contribution in [0.5, 0.6) is 0 Å². The highest BCUT2D eigenvalue weighted by molar-refractivity contribution is 6.20. The normalized spacial score (nSPS) is 16.0. The number of nitrogens with one attached hydrogen (secondary N) is 2. The van der Waals surface area contributed by atoms with Crippen LogP contribution in [-0.2, 0) is 0 Å². The summed E-state index contributed by atoms with van der Waals surface area (Å²) >= 11 is 0. The molecule has 9 aromatic rings. The third kappa shape index (κ3) is 5.00. The first-order chi connectivity index (χ1) is 25.3. The molecule has 1 aliphatic rings. The molecule has 4 heteroatoms. The first-order valence-corrected chi connectivity index (χ1v) is 17.5. The third-order valence-corrected chi connectivity index (χ3v) is 10.2. The number of hydrogen-bond acceptors (Lipinski definition) is 4. The van der Waals surface area contributed by atoms with E-state index < -0.39 is 0 Å². The fourth-order valence-electron chi connectivity index (χ4n) is 7.76. The summed E-state index contributed by atoms with van der Waals surface area (Å²) in [7, 11) is 0. The van der Waals surface area contributed by atoms with E-state index in [2.05, 4.69) is 174 Å². The molecule has 0 spiro atoms. The minimum atomic E-state index is -0.246. The van der Waals surface area contributed by atoms with Crippen LogP contribution in [0.4, 0.5) is 0 Å². The molecule has 242 valence electrons. The molecule has 2 atom stereocenters. The first kappa shape index (κ1) is 29.4. The fraction of sp³-hybridized carbons (Fsp3) is 0.0426. The van der Waals surface area contributed by atoms with E-state index >= 15 is 0 Å². The standard InChI is InChI=1S/C47H33N3O/c1-4-14-30(15-5-1)34-26-27-38(37-23-13-12-22-36(34)37)39-28-29-41(42-40-25-24-31-16-10-11-21-35(31)43(40)51-44(39)42)47-49-45(32-17-6-2-7-18-32)48-46(50-47)33-19-8-3-9-20-33/h1-29,45,47,49H,(H,48,50). The van der Waals surface area contributed by atoms with Crippen LogP contribution in [0.2, 0.25) is 0 Å². The molecule has 2 N–H and O–H groups in total. The second kappa shape index (κ2) is 12.1. The molecule has 1 aromatic heterocycles. The lowest BCUT2D eigenvalue weighted by Crippen LogP contribution is -2.45. The minimum absolute atomic E-state index is 0.240. The summed E-state index contributed by atoms with van der Waals surface area (Å²) < 4.78 is 7.08. The van der Waals surface area contributed by atoms with Crippen LogP contribution >= 0.6 is 0 Å². The van der Waals surface area contributed by atoms with Crippen LogP contribution in [0.1, 0.15) is 29.0 Å². The molecule has 10 rings (SSSR count). The molecule has 0 saturated carbocycles. The van der Waals surface area contributed by atoms with Gasteiger partial charge in [0.15, 0.2) is 0 Å². The van der Waals surface area contributed by atoms with Crippen LogP contribution < -0.4 is 10.6 Å². The second-order valence-electron chi connectivity index (χ2n) is 13.1. The molecule has 0 radical (unpaired) electrons. The molecule has 4 nitrogen and oxygen atoms in total. The number of furan rings is 1. The molecule has 0 aliphatic carbocycles. The summed E-state index contributed by atoms with van der Waals surface area (Å²) in [4.78, 5) is 5.17. The smallest absolute Gasteiger partial charge is 0.143 e. The van der Waals surface area contributed by atoms with Gasteiger partial charge in [-0.15, -0.1) is 0 Å². The van der Waals surface area contributed by atoms with Crippen molar-refractivity contribution in [3.05, 3.63) is 193 Å². The van der Waals surface area contributed by atoms with Crippen LogP contribution in [0.3, 0.4) is 0 Å². The maximum absolute atomic E-state index is 7.08. The van der Waals surface area contributed by atoms with E-state index in [4.69, 9.17) is 9.41 Å². The summed E-state index contributed by atoms with van der Waals surface area (Å²) in [6.45, 7) is 0. The molecule has 0 bridgehead atoms. The van der Waals surface area contributed by atoms with Gasteiger partial charge < -0.3 is 9.73 Å². The summed E-state index contributed by atoms with van der Waals surface area (Å²) in [5.74, 6) is 0.853. The Kier molecular flexibility index (Phi) is 7.00. The highest BCUT2D eigenvalue weighted by Crippen LogP contribution is 2.45. The molecular formula is C47H33N3O. The number of aliphatic imine (C=N–C) groups is 1. The second-order valence-corrected chi connectivity index (χ2v) is 13.1. The van der Waals surface area contributed by atoms with E-state index in [0.29, 0.717) is 0 Å². The molecule has 2 unspecified atom stereocenters. The van der Waals surface area contributed by atoms with E-state index in [0.717, 1.165) is 66.4 Å². The number of nitrogens with zero attached hydrogens (tertiary/aromatic N) is 1. The van der Waals surface area contributed by atoms with Crippen LogP contribution in [0.25, 0.3) is 65.7 Å². The Morgan fingerprint density at radius 2 is 1.06 bits per heavy atom. The summed E-state index contributed by atoms with van der Waals surface area (Å²) in [5.41, 5.74) is 9.67. The summed E-state index contributed by atoms with van der Waals surface area (Å²) in [6, 6.07) is 62.1. The van der Waals surface area contributed by atoms with Gasteiger partial charge in [-0.1, -0.05) is 170 Å². The van der Waals surface area contributed by atoms with Crippen LogP contribution in [0.15, 0.2) is 185 Å². The van der Waals surface area contributed by atoms with Gasteiger partial charge in [-0.3, -0.25) is 5.32 Å². The molecular weight excluding hydrogens is 623 g/mol. The maximum atomic E-state index is 7.08. The number of amidine groups is 1. The predicted molar refractivity (Wildman–Crippen MR) is 211 cm³/mol. The van der Waals surface area contributed by atoms with Gasteiger partial charge in [0.05, 0.1) is 0 Å². The summed E-state index contributed by atoms with van der Waals surface area (Å²) in [5, 5.41) is 14.5. The Balaban J connectivity index is 1.21. The Hall–Kier alpha value is -6.49. The van der Waals surface area contributed by atoms with Gasteiger partial charge in [0.1, 0.15) is 29.3 Å². The molecule has 2 heterocycles. The van der Waals surface area contributed by atoms with Crippen molar-refractivity contribution in [2.75, 3.05) is 0 Å². The zero-order valence-corrected chi connectivity index (χ0v) is 27.8. The highest BCUT2D eigenvalue weighted by Gasteiger charge is 2.29. The highest BCUT2D eigenvalue weighted by atomic mass is 16.3. The van der Waals surface area contributed by atoms with Crippen LogP contribution in [-0.4, -0.2) is 5.84 Å². The lowest BCUT2D eigenvalue weighted by atomic mass is 9.90. The molecule has 0 amide bonds. The maximum Gasteiger partial charge on any atom is 0.143 e. The van der Waals surface area contributed by atoms with Gasteiger partial charge in [0.25, 0.3) is 0 Å². The SMILES string of the molecule is c1ccc(C2=NC(c3ccccc3)NC(c3ccc(-c4ccc(-c5ccccc5)c5ccccc45)c4oc5c6ccccc6ccc5c34)N2)cc1. The average molecular weight is 656 g/mol. The molecule has 51 heavy (non-hydrogen) atoms. The van der Waals surface area contributed by atoms with Gasteiger partial charge in [0, 0.05) is 32.8 Å². The van der Waals surface area contributed by atoms with Crippen molar-refractivity contribution in [3.63, 3.8) is 0 Å². The minimum Gasteiger partial charge on any atom is -0.455 e. The van der Waals surface area contributed by atoms with Gasteiger partial charge in [-0.25, -0.2) is 4.99 Å². The molecule has 1 aliphatic heterocycles. The number of rotatable bonds is 5. The quantitative estimate of drug-likeness (QED) is 0.194. The van der Waals surface area contributed by atoms with Gasteiger partial charge >= 0.3 is 0 Å². The zero-order chi connectivity index (χ0) is 33.7. The van der Waals surface area contributed by atoms with Gasteiger partial charge in [-0.05, 0) is 44.5 Å². The number of benzene rings is 8. The van der Waals surface area contributed by atoms with E-state index in [1.165, 1.54) is 21.9 Å². The third-order valence-electron chi connectivity index (χ3n) is 10.2. The lowest BCUT2D eigenvalue weighted by molar-refractivity contribution is 0.411. The molecule has 0 saturated heterocycles. The molecule has 8 aromatic carbocycles. The largest absolute Gasteiger partial charge is 0.455 e. The van der Waals surface area contributed by atoms with Crippen molar-refractivity contribution in [2.45, 2.75) is 12.3 Å². The predicted octanol–water partition coefficient (Wildman–Crippen LogP) is 11.6. The Bertz CT molecular complexity index is 2750. The van der Waals surface area contributed by atoms with Crippen molar-refractivity contribution in [1.82, 2.24) is 10.6 Å². The van der Waals surface area contributed by atoms with E-state index in [9.17, 15) is 0 Å². The van der Waals surface area contributed by atoms with Crippen molar-refractivity contribution in [2.24, 2.45) is 4.99 Å². The van der Waals surface area contributed by atoms with E-state index in [1.807, 2.05) is 12.1 Å². The zero-order valence-electron chi connectivity index (χ0n) is 27.8. The monoisotopic (exact) mass is 655 g/mol. The van der Waals surface area contributed by atoms with Crippen molar-refractivity contribution in [3.8, 4) is 22.3 Å². The Labute approximate surface area is 295 Å². The molecule has 0 fully saturated rings. The van der Waals surface area contributed by atoms with E-state index in [1.54, 1.807) is 0 Å². The van der Waals surface area contributed by atoms with Gasteiger partial charge in [-0.2, -0.15) is 0 Å². The summed E-state index contributed by atoms with van der Waals surface area (Å²) in [6.07, 6.45) is -0.486. The number of hydrogen-bond donors (Lipinski definition) is 2. The van der Waals surface area contributed by atoms with E-state index in [-0.39, 0.29) is 12.3 Å². The topological polar surface area (TPSA) is 49.6 Å².